The van der Waals surface area contributed by atoms with Gasteiger partial charge < -0.3 is 15.0 Å². The van der Waals surface area contributed by atoms with Gasteiger partial charge in [0, 0.05) is 33.4 Å². The van der Waals surface area contributed by atoms with E-state index in [9.17, 15) is 10.1 Å². The summed E-state index contributed by atoms with van der Waals surface area (Å²) in [6.45, 7) is 6.56. The molecule has 1 saturated heterocycles. The zero-order valence-corrected chi connectivity index (χ0v) is 17.8. The van der Waals surface area contributed by atoms with Crippen molar-refractivity contribution in [3.63, 3.8) is 0 Å². The second-order valence-corrected chi connectivity index (χ2v) is 6.22. The highest BCUT2D eigenvalue weighted by Crippen LogP contribution is 2.18. The fraction of sp³-hybridized carbons (Fsp3) is 0.750. The Labute approximate surface area is 171 Å². The van der Waals surface area contributed by atoms with Crippen LogP contribution < -0.4 is 5.32 Å². The van der Waals surface area contributed by atoms with Crippen LogP contribution in [0.25, 0.3) is 0 Å². The zero-order valence-electron chi connectivity index (χ0n) is 15.5. The number of rotatable bonds is 8. The van der Waals surface area contributed by atoms with Gasteiger partial charge >= 0.3 is 5.69 Å². The summed E-state index contributed by atoms with van der Waals surface area (Å²) in [7, 11) is 2.04. The van der Waals surface area contributed by atoms with Crippen molar-refractivity contribution in [2.75, 3.05) is 39.9 Å². The zero-order chi connectivity index (χ0) is 18.1. The molecule has 0 radical (unpaired) electrons. The maximum absolute atomic E-state index is 10.7. The summed E-state index contributed by atoms with van der Waals surface area (Å²) in [5, 5.41) is 17.9. The molecule has 0 spiro atoms. The molecular weight excluding hydrogens is 451 g/mol. The molecular formula is C16H29IN6O3. The summed E-state index contributed by atoms with van der Waals surface area (Å²) in [6, 6.07) is 0. The third kappa shape index (κ3) is 7.44. The lowest BCUT2D eigenvalue weighted by Gasteiger charge is -2.26. The lowest BCUT2D eigenvalue weighted by molar-refractivity contribution is -0.385. The van der Waals surface area contributed by atoms with Gasteiger partial charge in [0.2, 0.25) is 0 Å². The quantitative estimate of drug-likeness (QED) is 0.201. The minimum absolute atomic E-state index is 0. The Kier molecular flexibility index (Phi) is 10.5. The van der Waals surface area contributed by atoms with Crippen molar-refractivity contribution >= 4 is 35.6 Å². The molecule has 0 unspecified atom stereocenters. The number of hydrogen-bond acceptors (Lipinski definition) is 5. The summed E-state index contributed by atoms with van der Waals surface area (Å²) >= 11 is 0. The molecule has 2 heterocycles. The normalized spacial score (nSPS) is 15.4. The molecule has 148 valence electrons. The van der Waals surface area contributed by atoms with Crippen molar-refractivity contribution in [2.24, 2.45) is 10.9 Å². The van der Waals surface area contributed by atoms with Crippen LogP contribution in [0.2, 0.25) is 0 Å². The predicted molar refractivity (Wildman–Crippen MR) is 111 cm³/mol. The van der Waals surface area contributed by atoms with E-state index in [-0.39, 0.29) is 29.7 Å². The summed E-state index contributed by atoms with van der Waals surface area (Å²) in [5.74, 6) is 1.58. The van der Waals surface area contributed by atoms with Gasteiger partial charge in [-0.25, -0.2) is 0 Å². The molecule has 10 heteroatoms. The molecule has 0 saturated carbocycles. The molecule has 9 nitrogen and oxygen atoms in total. The van der Waals surface area contributed by atoms with E-state index in [2.05, 4.69) is 20.3 Å². The number of halogens is 1. The van der Waals surface area contributed by atoms with Crippen LogP contribution in [0, 0.1) is 16.0 Å². The molecule has 0 aromatic carbocycles. The summed E-state index contributed by atoms with van der Waals surface area (Å²) < 4.78 is 6.95. The number of guanidine groups is 1. The first-order chi connectivity index (χ1) is 12.1. The summed E-state index contributed by atoms with van der Waals surface area (Å²) in [4.78, 5) is 17.0. The third-order valence-electron chi connectivity index (χ3n) is 4.33. The molecule has 1 fully saturated rings. The minimum Gasteiger partial charge on any atom is -0.381 e. The summed E-state index contributed by atoms with van der Waals surface area (Å²) in [5.41, 5.74) is 0.00414. The first-order valence-electron chi connectivity index (χ1n) is 8.84. The molecule has 1 aromatic rings. The van der Waals surface area contributed by atoms with Gasteiger partial charge in [-0.15, -0.1) is 24.0 Å². The van der Waals surface area contributed by atoms with Crippen molar-refractivity contribution in [3.8, 4) is 0 Å². The van der Waals surface area contributed by atoms with Crippen LogP contribution in [0.1, 0.15) is 26.2 Å². The van der Waals surface area contributed by atoms with Crippen molar-refractivity contribution in [2.45, 2.75) is 32.7 Å². The van der Waals surface area contributed by atoms with E-state index in [1.54, 1.807) is 4.68 Å². The highest BCUT2D eigenvalue weighted by atomic mass is 127. The van der Waals surface area contributed by atoms with E-state index < -0.39 is 4.92 Å². The predicted octanol–water partition coefficient (Wildman–Crippen LogP) is 2.12. The van der Waals surface area contributed by atoms with Crippen molar-refractivity contribution in [1.29, 1.82) is 0 Å². The Bertz CT molecular complexity index is 574. The molecule has 0 aliphatic carbocycles. The standard InChI is InChI=1S/C16H28N6O3.HI/c1-3-17-16(20(2)8-4-14-5-10-25-11-6-14)18-7-9-21-13-15(12-19-21)22(23)24;/h12-14H,3-11H2,1-2H3,(H,17,18);1H. The maximum atomic E-state index is 10.7. The number of nitrogens with one attached hydrogen (secondary N) is 1. The van der Waals surface area contributed by atoms with Crippen LogP contribution in [0.5, 0.6) is 0 Å². The molecule has 1 aromatic heterocycles. The third-order valence-corrected chi connectivity index (χ3v) is 4.33. The second kappa shape index (κ2) is 12.0. The van der Waals surface area contributed by atoms with Crippen molar-refractivity contribution < 1.29 is 9.66 Å². The average molecular weight is 480 g/mol. The SMILES string of the molecule is CCNC(=NCCn1cc([N+](=O)[O-])cn1)N(C)CCC1CCOCC1.I. The Morgan fingerprint density at radius 2 is 2.27 bits per heavy atom. The van der Waals surface area contributed by atoms with Gasteiger partial charge in [0.15, 0.2) is 5.96 Å². The molecule has 1 aliphatic heterocycles. The minimum atomic E-state index is -0.444. The van der Waals surface area contributed by atoms with Crippen LogP contribution in [-0.2, 0) is 11.3 Å². The second-order valence-electron chi connectivity index (χ2n) is 6.22. The van der Waals surface area contributed by atoms with Crippen molar-refractivity contribution in [1.82, 2.24) is 20.0 Å². The lowest BCUT2D eigenvalue weighted by Crippen LogP contribution is -2.40. The fourth-order valence-corrected chi connectivity index (χ4v) is 2.81. The molecule has 26 heavy (non-hydrogen) atoms. The van der Waals surface area contributed by atoms with E-state index in [0.29, 0.717) is 13.1 Å². The van der Waals surface area contributed by atoms with Crippen LogP contribution in [0.4, 0.5) is 5.69 Å². The Morgan fingerprint density at radius 3 is 2.88 bits per heavy atom. The van der Waals surface area contributed by atoms with E-state index in [1.165, 1.54) is 12.4 Å². The summed E-state index contributed by atoms with van der Waals surface area (Å²) in [6.07, 6.45) is 6.10. The number of aliphatic imine (C=N–C) groups is 1. The van der Waals surface area contributed by atoms with Gasteiger partial charge in [-0.3, -0.25) is 19.8 Å². The van der Waals surface area contributed by atoms with E-state index in [4.69, 9.17) is 4.74 Å². The topological polar surface area (TPSA) is 97.8 Å². The van der Waals surface area contributed by atoms with E-state index in [1.807, 2.05) is 14.0 Å². The van der Waals surface area contributed by atoms with Gasteiger partial charge in [-0.05, 0) is 32.1 Å². The average Bonchev–Trinajstić information content (AvgIpc) is 3.09. The molecule has 2 rings (SSSR count). The highest BCUT2D eigenvalue weighted by Gasteiger charge is 2.15. The number of ether oxygens (including phenoxy) is 1. The van der Waals surface area contributed by atoms with Gasteiger partial charge in [-0.1, -0.05) is 0 Å². The molecule has 0 atom stereocenters. The number of hydrogen-bond donors (Lipinski definition) is 1. The fourth-order valence-electron chi connectivity index (χ4n) is 2.81. The Morgan fingerprint density at radius 1 is 1.54 bits per heavy atom. The lowest BCUT2D eigenvalue weighted by atomic mass is 9.96. The van der Waals surface area contributed by atoms with Gasteiger partial charge in [-0.2, -0.15) is 5.10 Å². The number of aromatic nitrogens is 2. The molecule has 0 amide bonds. The van der Waals surface area contributed by atoms with Crippen LogP contribution in [-0.4, -0.2) is 65.5 Å². The van der Waals surface area contributed by atoms with Crippen molar-refractivity contribution in [3.05, 3.63) is 22.5 Å². The first kappa shape index (κ1) is 22.6. The highest BCUT2D eigenvalue weighted by molar-refractivity contribution is 14.0. The Balaban J connectivity index is 0.00000338. The molecule has 1 aliphatic rings. The Hall–Kier alpha value is -1.43. The molecule has 1 N–H and O–H groups in total. The van der Waals surface area contributed by atoms with Gasteiger partial charge in [0.25, 0.3) is 0 Å². The van der Waals surface area contributed by atoms with Crippen LogP contribution in [0.3, 0.4) is 0 Å². The van der Waals surface area contributed by atoms with Gasteiger partial charge in [0.1, 0.15) is 12.4 Å². The number of nitrogens with zero attached hydrogens (tertiary/aromatic N) is 5. The van der Waals surface area contributed by atoms with Crippen LogP contribution >= 0.6 is 24.0 Å². The smallest absolute Gasteiger partial charge is 0.306 e. The largest absolute Gasteiger partial charge is 0.381 e. The maximum Gasteiger partial charge on any atom is 0.306 e. The first-order valence-corrected chi connectivity index (χ1v) is 8.84. The van der Waals surface area contributed by atoms with Gasteiger partial charge in [0.05, 0.1) is 18.0 Å². The van der Waals surface area contributed by atoms with Crippen LogP contribution in [0.15, 0.2) is 17.4 Å². The number of nitro groups is 1. The van der Waals surface area contributed by atoms with E-state index in [0.717, 1.165) is 57.4 Å². The van der Waals surface area contributed by atoms with E-state index >= 15 is 0 Å². The monoisotopic (exact) mass is 480 g/mol. The molecule has 0 bridgehead atoms.